The summed E-state index contributed by atoms with van der Waals surface area (Å²) >= 11 is 0. The number of hydrogen-bond donors (Lipinski definition) is 1. The van der Waals surface area contributed by atoms with Crippen LogP contribution in [0.25, 0.3) is 0 Å². The van der Waals surface area contributed by atoms with Gasteiger partial charge in [0.15, 0.2) is 0 Å². The second kappa shape index (κ2) is 10.00. The molecule has 0 radical (unpaired) electrons. The Kier molecular flexibility index (Phi) is 7.70. The number of nitrogens with zero attached hydrogens (tertiary/aromatic N) is 4. The molecule has 0 aliphatic rings. The van der Waals surface area contributed by atoms with E-state index < -0.39 is 0 Å². The topological polar surface area (TPSA) is 44.3 Å². The van der Waals surface area contributed by atoms with Gasteiger partial charge in [0.2, 0.25) is 5.95 Å². The van der Waals surface area contributed by atoms with Crippen LogP contribution in [0, 0.1) is 6.92 Å². The highest BCUT2D eigenvalue weighted by atomic mass is 15.2. The number of aryl methyl sites for hydroxylation is 1. The van der Waals surface area contributed by atoms with E-state index in [2.05, 4.69) is 78.1 Å². The summed E-state index contributed by atoms with van der Waals surface area (Å²) in [5, 5.41) is 3.36. The first-order valence-corrected chi connectivity index (χ1v) is 9.83. The van der Waals surface area contributed by atoms with Crippen molar-refractivity contribution in [2.24, 2.45) is 0 Å². The summed E-state index contributed by atoms with van der Waals surface area (Å²) in [5.41, 5.74) is 3.23. The van der Waals surface area contributed by atoms with Crippen LogP contribution in [0.15, 0.2) is 30.3 Å². The molecule has 0 fully saturated rings. The highest BCUT2D eigenvalue weighted by Crippen LogP contribution is 2.22. The van der Waals surface area contributed by atoms with Crippen LogP contribution in [-0.2, 0) is 0 Å². The molecule has 0 saturated heterocycles. The Hall–Kier alpha value is -2.30. The molecule has 0 aliphatic heterocycles. The van der Waals surface area contributed by atoms with Gasteiger partial charge in [-0.3, -0.25) is 0 Å². The van der Waals surface area contributed by atoms with Gasteiger partial charge in [-0.1, -0.05) is 13.8 Å². The van der Waals surface area contributed by atoms with E-state index in [9.17, 15) is 0 Å². The SMILES string of the molecule is CCCN(CCC)c1cc(C)nc(Nc2ccc(N(CC)CC)cc2)n1. The Labute approximate surface area is 158 Å². The highest BCUT2D eigenvalue weighted by molar-refractivity contribution is 5.60. The minimum Gasteiger partial charge on any atom is -0.372 e. The number of anilines is 4. The first-order valence-electron chi connectivity index (χ1n) is 9.83. The molecule has 2 rings (SSSR count). The number of aromatic nitrogens is 2. The summed E-state index contributed by atoms with van der Waals surface area (Å²) < 4.78 is 0. The summed E-state index contributed by atoms with van der Waals surface area (Å²) in [4.78, 5) is 14.0. The molecule has 0 atom stereocenters. The lowest BCUT2D eigenvalue weighted by Gasteiger charge is -2.23. The van der Waals surface area contributed by atoms with Crippen LogP contribution in [-0.4, -0.2) is 36.1 Å². The Morgan fingerprint density at radius 1 is 0.846 bits per heavy atom. The van der Waals surface area contributed by atoms with E-state index in [4.69, 9.17) is 4.98 Å². The Morgan fingerprint density at radius 3 is 2.00 bits per heavy atom. The van der Waals surface area contributed by atoms with Gasteiger partial charge in [-0.15, -0.1) is 0 Å². The van der Waals surface area contributed by atoms with E-state index >= 15 is 0 Å². The molecule has 26 heavy (non-hydrogen) atoms. The van der Waals surface area contributed by atoms with E-state index in [1.54, 1.807) is 0 Å². The van der Waals surface area contributed by atoms with E-state index in [-0.39, 0.29) is 0 Å². The molecule has 2 aromatic rings. The maximum absolute atomic E-state index is 4.75. The van der Waals surface area contributed by atoms with Gasteiger partial charge in [-0.25, -0.2) is 4.98 Å². The number of rotatable bonds is 10. The van der Waals surface area contributed by atoms with Gasteiger partial charge < -0.3 is 15.1 Å². The van der Waals surface area contributed by atoms with Crippen molar-refractivity contribution in [2.45, 2.75) is 47.5 Å². The third-order valence-electron chi connectivity index (χ3n) is 4.40. The van der Waals surface area contributed by atoms with Crippen molar-refractivity contribution < 1.29 is 0 Å². The fourth-order valence-electron chi connectivity index (χ4n) is 3.12. The van der Waals surface area contributed by atoms with Crippen LogP contribution in [0.4, 0.5) is 23.1 Å². The highest BCUT2D eigenvalue weighted by Gasteiger charge is 2.10. The van der Waals surface area contributed by atoms with Crippen molar-refractivity contribution in [3.05, 3.63) is 36.0 Å². The van der Waals surface area contributed by atoms with Crippen molar-refractivity contribution in [1.29, 1.82) is 0 Å². The van der Waals surface area contributed by atoms with Gasteiger partial charge in [0.05, 0.1) is 0 Å². The van der Waals surface area contributed by atoms with Crippen molar-refractivity contribution in [3.8, 4) is 0 Å². The van der Waals surface area contributed by atoms with Crippen molar-refractivity contribution >= 4 is 23.1 Å². The molecule has 142 valence electrons. The molecule has 0 bridgehead atoms. The maximum Gasteiger partial charge on any atom is 0.229 e. The molecule has 0 amide bonds. The van der Waals surface area contributed by atoms with Crippen LogP contribution in [0.1, 0.15) is 46.2 Å². The smallest absolute Gasteiger partial charge is 0.229 e. The molecule has 0 unspecified atom stereocenters. The van der Waals surface area contributed by atoms with E-state index in [0.29, 0.717) is 5.95 Å². The Balaban J connectivity index is 2.18. The van der Waals surface area contributed by atoms with Crippen molar-refractivity contribution in [2.75, 3.05) is 41.3 Å². The average Bonchev–Trinajstić information content (AvgIpc) is 2.63. The third-order valence-corrected chi connectivity index (χ3v) is 4.40. The van der Waals surface area contributed by atoms with E-state index in [0.717, 1.165) is 56.2 Å². The third kappa shape index (κ3) is 5.35. The summed E-state index contributed by atoms with van der Waals surface area (Å²) in [7, 11) is 0. The minimum absolute atomic E-state index is 0.660. The number of benzene rings is 1. The molecule has 5 heteroatoms. The Bertz CT molecular complexity index is 659. The molecule has 1 aromatic carbocycles. The quantitative estimate of drug-likeness (QED) is 0.649. The van der Waals surface area contributed by atoms with Crippen LogP contribution in [0.3, 0.4) is 0 Å². The zero-order valence-corrected chi connectivity index (χ0v) is 16.9. The standard InChI is InChI=1S/C21H33N5/c1-6-14-26(15-7-2)20-16-17(5)22-21(24-20)23-18-10-12-19(13-11-18)25(8-3)9-4/h10-13,16H,6-9,14-15H2,1-5H3,(H,22,23,24). The average molecular weight is 356 g/mol. The van der Waals surface area contributed by atoms with Crippen molar-refractivity contribution in [3.63, 3.8) is 0 Å². The largest absolute Gasteiger partial charge is 0.372 e. The fraction of sp³-hybridized carbons (Fsp3) is 0.524. The lowest BCUT2D eigenvalue weighted by Crippen LogP contribution is -2.26. The number of nitrogens with one attached hydrogen (secondary N) is 1. The van der Waals surface area contributed by atoms with Crippen LogP contribution in [0.5, 0.6) is 0 Å². The summed E-state index contributed by atoms with van der Waals surface area (Å²) in [6, 6.07) is 10.5. The second-order valence-corrected chi connectivity index (χ2v) is 6.52. The van der Waals surface area contributed by atoms with Gasteiger partial charge >= 0.3 is 0 Å². The van der Waals surface area contributed by atoms with E-state index in [1.807, 2.05) is 6.92 Å². The van der Waals surface area contributed by atoms with Crippen molar-refractivity contribution in [1.82, 2.24) is 9.97 Å². The predicted octanol–water partition coefficient (Wildman–Crippen LogP) is 5.00. The van der Waals surface area contributed by atoms with Gasteiger partial charge in [0.1, 0.15) is 5.82 Å². The van der Waals surface area contributed by atoms with Gasteiger partial charge in [-0.05, 0) is 57.9 Å². The predicted molar refractivity (Wildman–Crippen MR) is 113 cm³/mol. The molecule has 0 aliphatic carbocycles. The molecular weight excluding hydrogens is 322 g/mol. The summed E-state index contributed by atoms with van der Waals surface area (Å²) in [6.07, 6.45) is 2.22. The molecule has 5 nitrogen and oxygen atoms in total. The summed E-state index contributed by atoms with van der Waals surface area (Å²) in [5.74, 6) is 1.66. The molecule has 0 spiro atoms. The van der Waals surface area contributed by atoms with Gasteiger partial charge in [-0.2, -0.15) is 4.98 Å². The van der Waals surface area contributed by atoms with E-state index in [1.165, 1.54) is 5.69 Å². The first kappa shape index (κ1) is 20.0. The minimum atomic E-state index is 0.660. The first-order chi connectivity index (χ1) is 12.6. The van der Waals surface area contributed by atoms with Crippen LogP contribution >= 0.6 is 0 Å². The summed E-state index contributed by atoms with van der Waals surface area (Å²) in [6.45, 7) is 14.8. The number of hydrogen-bond acceptors (Lipinski definition) is 5. The zero-order valence-electron chi connectivity index (χ0n) is 16.9. The van der Waals surface area contributed by atoms with Crippen LogP contribution < -0.4 is 15.1 Å². The normalized spacial score (nSPS) is 10.7. The molecule has 0 saturated carbocycles. The van der Waals surface area contributed by atoms with Crippen LogP contribution in [0.2, 0.25) is 0 Å². The van der Waals surface area contributed by atoms with Gasteiger partial charge in [0, 0.05) is 49.3 Å². The monoisotopic (exact) mass is 355 g/mol. The molecule has 1 aromatic heterocycles. The fourth-order valence-corrected chi connectivity index (χ4v) is 3.12. The zero-order chi connectivity index (χ0) is 18.9. The Morgan fingerprint density at radius 2 is 1.46 bits per heavy atom. The molecule has 1 N–H and O–H groups in total. The molecule has 1 heterocycles. The lowest BCUT2D eigenvalue weighted by molar-refractivity contribution is 0.732. The molecular formula is C21H33N5. The van der Waals surface area contributed by atoms with Gasteiger partial charge in [0.25, 0.3) is 0 Å². The second-order valence-electron chi connectivity index (χ2n) is 6.52. The maximum atomic E-state index is 4.75. The lowest BCUT2D eigenvalue weighted by atomic mass is 10.2.